The predicted octanol–water partition coefficient (Wildman–Crippen LogP) is 7.44. The van der Waals surface area contributed by atoms with Gasteiger partial charge in [0.05, 0.1) is 28.1 Å². The smallest absolute Gasteiger partial charge is 0.310 e. The number of aliphatic carboxylic acids is 2. The Morgan fingerprint density at radius 2 is 1.44 bits per heavy atom. The number of carboxylic acids is 2. The summed E-state index contributed by atoms with van der Waals surface area (Å²) in [5.74, 6) is -1.45. The molecule has 0 fully saturated rings. The van der Waals surface area contributed by atoms with Crippen molar-refractivity contribution in [3.8, 4) is 0 Å². The average Bonchev–Trinajstić information content (AvgIpc) is 2.77. The molecule has 180 valence electrons. The molecule has 0 aliphatic carbocycles. The van der Waals surface area contributed by atoms with Gasteiger partial charge in [0.2, 0.25) is 0 Å². The molecular formula is C27H29Cl2NO4. The lowest BCUT2D eigenvalue weighted by atomic mass is 9.97. The highest BCUT2D eigenvalue weighted by atomic mass is 35.5. The number of halogens is 2. The lowest BCUT2D eigenvalue weighted by molar-refractivity contribution is -0.138. The van der Waals surface area contributed by atoms with Crippen LogP contribution >= 0.6 is 23.2 Å². The normalized spacial score (nSPS) is 11.4. The molecule has 0 spiro atoms. The number of rotatable bonds is 8. The lowest BCUT2D eigenvalue weighted by Gasteiger charge is -2.13. The van der Waals surface area contributed by atoms with Gasteiger partial charge in [-0.15, -0.1) is 0 Å². The van der Waals surface area contributed by atoms with Gasteiger partial charge in [-0.25, -0.2) is 0 Å². The Kier molecular flexibility index (Phi) is 10.4. The van der Waals surface area contributed by atoms with Crippen LogP contribution in [0.15, 0.2) is 66.7 Å². The molecule has 7 heteroatoms. The maximum absolute atomic E-state index is 10.8. The molecule has 0 bridgehead atoms. The fourth-order valence-corrected chi connectivity index (χ4v) is 3.76. The van der Waals surface area contributed by atoms with E-state index >= 15 is 0 Å². The maximum atomic E-state index is 10.8. The molecule has 3 aromatic carbocycles. The number of hydrogen-bond donors (Lipinski definition) is 3. The first-order valence-electron chi connectivity index (χ1n) is 10.9. The molecule has 0 radical (unpaired) electrons. The summed E-state index contributed by atoms with van der Waals surface area (Å²) in [5.41, 5.74) is 4.07. The summed E-state index contributed by atoms with van der Waals surface area (Å²) >= 11 is 12.1. The van der Waals surface area contributed by atoms with E-state index in [4.69, 9.17) is 33.4 Å². The van der Waals surface area contributed by atoms with Crippen LogP contribution in [0.3, 0.4) is 0 Å². The minimum absolute atomic E-state index is 0.0642. The molecule has 34 heavy (non-hydrogen) atoms. The van der Waals surface area contributed by atoms with Gasteiger partial charge in [-0.3, -0.25) is 9.59 Å². The molecule has 0 aliphatic heterocycles. The molecule has 0 saturated carbocycles. The number of hydrogen-bond acceptors (Lipinski definition) is 3. The van der Waals surface area contributed by atoms with Crippen LogP contribution in [0.25, 0.3) is 0 Å². The van der Waals surface area contributed by atoms with Crippen molar-refractivity contribution < 1.29 is 19.8 Å². The lowest BCUT2D eigenvalue weighted by Crippen LogP contribution is -2.07. The van der Waals surface area contributed by atoms with Crippen LogP contribution in [0.2, 0.25) is 10.0 Å². The number of carbonyl (C=O) groups is 2. The average molecular weight is 502 g/mol. The van der Waals surface area contributed by atoms with Crippen molar-refractivity contribution >= 4 is 46.5 Å². The van der Waals surface area contributed by atoms with Crippen LogP contribution in [-0.2, 0) is 22.4 Å². The fourth-order valence-electron chi connectivity index (χ4n) is 3.27. The molecule has 1 atom stereocenters. The summed E-state index contributed by atoms with van der Waals surface area (Å²) in [5, 5.41) is 21.8. The van der Waals surface area contributed by atoms with Crippen LogP contribution in [0.1, 0.15) is 43.4 Å². The number of anilines is 2. The van der Waals surface area contributed by atoms with E-state index in [1.54, 1.807) is 43.3 Å². The zero-order chi connectivity index (χ0) is 25.3. The topological polar surface area (TPSA) is 86.6 Å². The highest BCUT2D eigenvalue weighted by Gasteiger charge is 2.13. The molecule has 0 heterocycles. The molecule has 1 unspecified atom stereocenters. The molecule has 0 saturated heterocycles. The summed E-state index contributed by atoms with van der Waals surface area (Å²) in [6, 6.07) is 20.2. The van der Waals surface area contributed by atoms with Gasteiger partial charge in [0.25, 0.3) is 0 Å². The van der Waals surface area contributed by atoms with E-state index in [0.717, 1.165) is 12.0 Å². The van der Waals surface area contributed by atoms with Crippen molar-refractivity contribution in [1.29, 1.82) is 0 Å². The second-order valence-electron chi connectivity index (χ2n) is 8.35. The van der Waals surface area contributed by atoms with E-state index in [-0.39, 0.29) is 6.42 Å². The van der Waals surface area contributed by atoms with Gasteiger partial charge in [-0.1, -0.05) is 85.6 Å². The zero-order valence-corrected chi connectivity index (χ0v) is 20.9. The van der Waals surface area contributed by atoms with Crippen LogP contribution < -0.4 is 5.32 Å². The first-order chi connectivity index (χ1) is 16.1. The standard InChI is InChI=1S/C14H11Cl2NO2.C13H18O2/c15-10-5-3-6-11(16)14(10)17-12-7-2-1-4-9(12)8-13(18)19;1-9(2)8-11-4-6-12(7-5-11)10(3)13(14)15/h1-7,17H,8H2,(H,18,19);4-7,9-10H,8H2,1-3H3,(H,14,15). The Labute approximate surface area is 210 Å². The molecule has 3 aromatic rings. The molecular weight excluding hydrogens is 473 g/mol. The van der Waals surface area contributed by atoms with Gasteiger partial charge in [-0.05, 0) is 54.2 Å². The number of benzene rings is 3. The molecule has 3 N–H and O–H groups in total. The van der Waals surface area contributed by atoms with E-state index in [0.29, 0.717) is 32.9 Å². The second kappa shape index (κ2) is 13.0. The molecule has 0 aliphatic rings. The van der Waals surface area contributed by atoms with Gasteiger partial charge in [0.15, 0.2) is 0 Å². The highest BCUT2D eigenvalue weighted by molar-refractivity contribution is 6.39. The third kappa shape index (κ3) is 8.40. The van der Waals surface area contributed by atoms with Crippen LogP contribution in [0.4, 0.5) is 11.4 Å². The van der Waals surface area contributed by atoms with Crippen molar-refractivity contribution in [1.82, 2.24) is 0 Å². The minimum Gasteiger partial charge on any atom is -0.481 e. The number of nitrogens with one attached hydrogen (secondary N) is 1. The van der Waals surface area contributed by atoms with Gasteiger partial charge >= 0.3 is 11.9 Å². The third-order valence-electron chi connectivity index (χ3n) is 5.08. The Hall–Kier alpha value is -3.02. The summed E-state index contributed by atoms with van der Waals surface area (Å²) < 4.78 is 0. The fraction of sp³-hybridized carbons (Fsp3) is 0.259. The monoisotopic (exact) mass is 501 g/mol. The van der Waals surface area contributed by atoms with Gasteiger partial charge in [-0.2, -0.15) is 0 Å². The molecule has 0 aromatic heterocycles. The van der Waals surface area contributed by atoms with E-state index in [2.05, 4.69) is 19.2 Å². The zero-order valence-electron chi connectivity index (χ0n) is 19.4. The van der Waals surface area contributed by atoms with Crippen LogP contribution in [0, 0.1) is 5.92 Å². The van der Waals surface area contributed by atoms with Crippen LogP contribution in [-0.4, -0.2) is 22.2 Å². The molecule has 0 amide bonds. The number of carboxylic acid groups (broad SMARTS) is 2. The quantitative estimate of drug-likeness (QED) is 0.298. The van der Waals surface area contributed by atoms with Gasteiger partial charge in [0.1, 0.15) is 0 Å². The van der Waals surface area contributed by atoms with Crippen LogP contribution in [0.5, 0.6) is 0 Å². The Balaban J connectivity index is 0.000000248. The van der Waals surface area contributed by atoms with Crippen molar-refractivity contribution in [3.05, 3.63) is 93.5 Å². The van der Waals surface area contributed by atoms with Crippen molar-refractivity contribution in [2.24, 2.45) is 5.92 Å². The first kappa shape index (κ1) is 27.2. The summed E-state index contributed by atoms with van der Waals surface area (Å²) in [6.45, 7) is 6.06. The van der Waals surface area contributed by atoms with E-state index in [9.17, 15) is 9.59 Å². The SMILES string of the molecule is CC(C)Cc1ccc(C(C)C(=O)O)cc1.O=C(O)Cc1ccccc1Nc1c(Cl)cccc1Cl. The predicted molar refractivity (Wildman–Crippen MR) is 139 cm³/mol. The highest BCUT2D eigenvalue weighted by Crippen LogP contribution is 2.33. The number of para-hydroxylation sites is 2. The largest absolute Gasteiger partial charge is 0.481 e. The van der Waals surface area contributed by atoms with Crippen molar-refractivity contribution in [2.45, 2.75) is 39.5 Å². The minimum atomic E-state index is -0.889. The Morgan fingerprint density at radius 1 is 0.853 bits per heavy atom. The molecule has 3 rings (SSSR count). The molecule has 5 nitrogen and oxygen atoms in total. The maximum Gasteiger partial charge on any atom is 0.310 e. The third-order valence-corrected chi connectivity index (χ3v) is 5.71. The van der Waals surface area contributed by atoms with Gasteiger partial charge < -0.3 is 15.5 Å². The summed E-state index contributed by atoms with van der Waals surface area (Å²) in [6.07, 6.45) is 0.979. The first-order valence-corrected chi connectivity index (χ1v) is 11.7. The Bertz CT molecular complexity index is 1090. The second-order valence-corrected chi connectivity index (χ2v) is 9.16. The van der Waals surface area contributed by atoms with Crippen molar-refractivity contribution in [3.63, 3.8) is 0 Å². The van der Waals surface area contributed by atoms with E-state index < -0.39 is 17.9 Å². The summed E-state index contributed by atoms with van der Waals surface area (Å²) in [7, 11) is 0. The van der Waals surface area contributed by atoms with Gasteiger partial charge in [0, 0.05) is 5.69 Å². The van der Waals surface area contributed by atoms with E-state index in [1.165, 1.54) is 5.56 Å². The Morgan fingerprint density at radius 3 is 1.97 bits per heavy atom. The summed E-state index contributed by atoms with van der Waals surface area (Å²) in [4.78, 5) is 21.6. The van der Waals surface area contributed by atoms with E-state index in [1.807, 2.05) is 30.3 Å². The van der Waals surface area contributed by atoms with Crippen molar-refractivity contribution in [2.75, 3.05) is 5.32 Å².